The summed E-state index contributed by atoms with van der Waals surface area (Å²) >= 11 is 0. The van der Waals surface area contributed by atoms with E-state index in [-0.39, 0.29) is 0 Å². The number of rotatable bonds is 2. The highest BCUT2D eigenvalue weighted by atomic mass is 31.2. The van der Waals surface area contributed by atoms with Crippen LogP contribution in [0.1, 0.15) is 6.92 Å². The third-order valence-electron chi connectivity index (χ3n) is 0.461. The Morgan fingerprint density at radius 1 is 1.50 bits per heavy atom. The van der Waals surface area contributed by atoms with Gasteiger partial charge in [-0.3, -0.25) is 9.05 Å². The van der Waals surface area contributed by atoms with Crippen LogP contribution >= 0.6 is 7.82 Å². The Morgan fingerprint density at radius 2 is 1.70 bits per heavy atom. The van der Waals surface area contributed by atoms with Crippen LogP contribution in [-0.2, 0) is 13.6 Å². The van der Waals surface area contributed by atoms with Crippen molar-refractivity contribution in [1.82, 2.24) is 0 Å². The molecule has 0 unspecified atom stereocenters. The summed E-state index contributed by atoms with van der Waals surface area (Å²) in [5.41, 5.74) is 0. The van der Waals surface area contributed by atoms with Gasteiger partial charge < -0.3 is 4.89 Å². The maximum absolute atomic E-state index is 10.1. The SMILES string of the molecule is CC#N.COP(=O)(O)OC. The third-order valence-corrected chi connectivity index (χ3v) is 1.38. The summed E-state index contributed by atoms with van der Waals surface area (Å²) in [6.45, 7) is 1.43. The van der Waals surface area contributed by atoms with Crippen LogP contribution in [-0.4, -0.2) is 19.1 Å². The minimum atomic E-state index is -3.65. The summed E-state index contributed by atoms with van der Waals surface area (Å²) in [6, 6.07) is 1.75. The van der Waals surface area contributed by atoms with Crippen molar-refractivity contribution < 1.29 is 18.5 Å². The minimum Gasteiger partial charge on any atom is -0.303 e. The molecule has 60 valence electrons. The van der Waals surface area contributed by atoms with Gasteiger partial charge in [-0.1, -0.05) is 0 Å². The summed E-state index contributed by atoms with van der Waals surface area (Å²) in [7, 11) is -1.45. The first-order valence-electron chi connectivity index (χ1n) is 2.29. The van der Waals surface area contributed by atoms with Crippen LogP contribution in [0.2, 0.25) is 0 Å². The molecule has 0 saturated heterocycles. The molecular weight excluding hydrogens is 157 g/mol. The Balaban J connectivity index is 0. The molecular formula is C4H10NO4P. The van der Waals surface area contributed by atoms with E-state index in [9.17, 15) is 4.57 Å². The number of phosphoric ester groups is 1. The van der Waals surface area contributed by atoms with E-state index in [1.165, 1.54) is 6.92 Å². The molecule has 0 amide bonds. The number of nitrogens with zero attached hydrogens (tertiary/aromatic N) is 1. The van der Waals surface area contributed by atoms with Gasteiger partial charge in [-0.2, -0.15) is 5.26 Å². The number of nitriles is 1. The smallest absolute Gasteiger partial charge is 0.303 e. The standard InChI is InChI=1S/C2H3N.C2H7O4P/c1-2-3;1-5-7(3,4)6-2/h1H3;1-2H3,(H,3,4). The molecule has 0 aromatic rings. The van der Waals surface area contributed by atoms with E-state index < -0.39 is 7.82 Å². The van der Waals surface area contributed by atoms with E-state index in [1.807, 2.05) is 0 Å². The zero-order chi connectivity index (χ0) is 8.62. The van der Waals surface area contributed by atoms with E-state index in [2.05, 4.69) is 9.05 Å². The van der Waals surface area contributed by atoms with E-state index in [4.69, 9.17) is 10.2 Å². The normalized spacial score (nSPS) is 9.10. The fourth-order valence-corrected chi connectivity index (χ4v) is 0.224. The third kappa shape index (κ3) is 10.6. The lowest BCUT2D eigenvalue weighted by atomic mass is 11.0. The molecule has 0 aliphatic rings. The average Bonchev–Trinajstić information content (AvgIpc) is 1.90. The van der Waals surface area contributed by atoms with Crippen molar-refractivity contribution >= 4 is 7.82 Å². The predicted octanol–water partition coefficient (Wildman–Crippen LogP) is 0.909. The summed E-state index contributed by atoms with van der Waals surface area (Å²) in [5, 5.41) is 7.32. The molecule has 0 heterocycles. The maximum Gasteiger partial charge on any atom is 0.471 e. The van der Waals surface area contributed by atoms with Crippen molar-refractivity contribution in [3.63, 3.8) is 0 Å². The lowest BCUT2D eigenvalue weighted by Gasteiger charge is -2.01. The lowest BCUT2D eigenvalue weighted by molar-refractivity contribution is 0.204. The first kappa shape index (κ1) is 12.3. The minimum absolute atomic E-state index is 1.10. The molecule has 0 aliphatic carbocycles. The Labute approximate surface area is 59.8 Å². The van der Waals surface area contributed by atoms with Crippen molar-refractivity contribution in [1.29, 1.82) is 5.26 Å². The number of phosphoric acid groups is 1. The van der Waals surface area contributed by atoms with Gasteiger partial charge >= 0.3 is 7.82 Å². The highest BCUT2D eigenvalue weighted by Crippen LogP contribution is 2.40. The monoisotopic (exact) mass is 167 g/mol. The molecule has 0 saturated carbocycles. The van der Waals surface area contributed by atoms with Gasteiger partial charge in [-0.25, -0.2) is 4.57 Å². The second kappa shape index (κ2) is 6.72. The molecule has 0 aromatic carbocycles. The van der Waals surface area contributed by atoms with Crippen molar-refractivity contribution in [2.75, 3.05) is 14.2 Å². The topological polar surface area (TPSA) is 79.5 Å². The molecule has 10 heavy (non-hydrogen) atoms. The Morgan fingerprint density at radius 3 is 1.70 bits per heavy atom. The van der Waals surface area contributed by atoms with Crippen molar-refractivity contribution in [3.05, 3.63) is 0 Å². The van der Waals surface area contributed by atoms with Gasteiger partial charge in [0.2, 0.25) is 0 Å². The van der Waals surface area contributed by atoms with Crippen molar-refractivity contribution in [2.24, 2.45) is 0 Å². The predicted molar refractivity (Wildman–Crippen MR) is 35.1 cm³/mol. The van der Waals surface area contributed by atoms with Gasteiger partial charge in [0.1, 0.15) is 0 Å². The Bertz CT molecular complexity index is 144. The summed E-state index contributed by atoms with van der Waals surface area (Å²) < 4.78 is 18.0. The molecule has 0 aliphatic heterocycles. The maximum atomic E-state index is 10.1. The van der Waals surface area contributed by atoms with E-state index in [0.29, 0.717) is 0 Å². The molecule has 0 aromatic heterocycles. The van der Waals surface area contributed by atoms with Crippen LogP contribution in [0.15, 0.2) is 0 Å². The Hall–Kier alpha value is -0.400. The molecule has 0 bridgehead atoms. The van der Waals surface area contributed by atoms with Crippen molar-refractivity contribution in [2.45, 2.75) is 6.92 Å². The first-order chi connectivity index (χ1) is 4.54. The molecule has 0 radical (unpaired) electrons. The van der Waals surface area contributed by atoms with E-state index in [0.717, 1.165) is 14.2 Å². The fourth-order valence-electron chi connectivity index (χ4n) is 0.0745. The molecule has 0 fully saturated rings. The number of hydrogen-bond acceptors (Lipinski definition) is 4. The van der Waals surface area contributed by atoms with Crippen LogP contribution < -0.4 is 0 Å². The van der Waals surface area contributed by atoms with Crippen LogP contribution in [0.3, 0.4) is 0 Å². The molecule has 0 atom stereocenters. The molecule has 0 rings (SSSR count). The number of hydrogen-bond donors (Lipinski definition) is 1. The highest BCUT2D eigenvalue weighted by Gasteiger charge is 2.13. The summed E-state index contributed by atoms with van der Waals surface area (Å²) in [6.07, 6.45) is 0. The van der Waals surface area contributed by atoms with Crippen LogP contribution in [0.25, 0.3) is 0 Å². The van der Waals surface area contributed by atoms with Crippen LogP contribution in [0.4, 0.5) is 0 Å². The van der Waals surface area contributed by atoms with E-state index >= 15 is 0 Å². The second-order valence-corrected chi connectivity index (χ2v) is 2.72. The zero-order valence-electron chi connectivity index (χ0n) is 6.07. The average molecular weight is 167 g/mol. The highest BCUT2D eigenvalue weighted by molar-refractivity contribution is 7.47. The van der Waals surface area contributed by atoms with Gasteiger partial charge in [0, 0.05) is 21.1 Å². The quantitative estimate of drug-likeness (QED) is 0.618. The molecule has 6 heteroatoms. The molecule has 5 nitrogen and oxygen atoms in total. The van der Waals surface area contributed by atoms with E-state index in [1.54, 1.807) is 6.07 Å². The molecule has 1 N–H and O–H groups in total. The van der Waals surface area contributed by atoms with Gasteiger partial charge in [-0.15, -0.1) is 0 Å². The van der Waals surface area contributed by atoms with Gasteiger partial charge in [-0.05, 0) is 0 Å². The van der Waals surface area contributed by atoms with Crippen LogP contribution in [0, 0.1) is 11.3 Å². The summed E-state index contributed by atoms with van der Waals surface area (Å²) in [5.74, 6) is 0. The van der Waals surface area contributed by atoms with Gasteiger partial charge in [0.25, 0.3) is 0 Å². The van der Waals surface area contributed by atoms with Crippen LogP contribution in [0.5, 0.6) is 0 Å². The largest absolute Gasteiger partial charge is 0.471 e. The fraction of sp³-hybridized carbons (Fsp3) is 0.750. The summed E-state index contributed by atoms with van der Waals surface area (Å²) in [4.78, 5) is 8.24. The molecule has 0 spiro atoms. The second-order valence-electron chi connectivity index (χ2n) is 1.06. The van der Waals surface area contributed by atoms with Crippen molar-refractivity contribution in [3.8, 4) is 6.07 Å². The van der Waals surface area contributed by atoms with Gasteiger partial charge in [0.15, 0.2) is 0 Å². The lowest BCUT2D eigenvalue weighted by Crippen LogP contribution is -1.83. The zero-order valence-corrected chi connectivity index (χ0v) is 6.96. The van der Waals surface area contributed by atoms with Gasteiger partial charge in [0.05, 0.1) is 6.07 Å². The Kier molecular flexibility index (Phi) is 8.26. The first-order valence-corrected chi connectivity index (χ1v) is 3.78.